The molecule has 0 spiro atoms. The summed E-state index contributed by atoms with van der Waals surface area (Å²) in [7, 11) is 0. The predicted molar refractivity (Wildman–Crippen MR) is 139 cm³/mol. The van der Waals surface area contributed by atoms with Crippen LogP contribution in [0.25, 0.3) is 0 Å². The molecule has 4 heteroatoms. The lowest BCUT2D eigenvalue weighted by molar-refractivity contribution is -0.140. The number of ether oxygens (including phenoxy) is 2. The number of carbonyl (C=O) groups excluding carboxylic acids is 1. The summed E-state index contributed by atoms with van der Waals surface area (Å²) in [5.41, 5.74) is 0. The lowest BCUT2D eigenvalue weighted by atomic mass is 9.75. The van der Waals surface area contributed by atoms with Gasteiger partial charge in [0.05, 0.1) is 18.7 Å². The number of aromatic nitrogens is 1. The van der Waals surface area contributed by atoms with E-state index in [0.717, 1.165) is 37.0 Å². The second kappa shape index (κ2) is 15.4. The van der Waals surface area contributed by atoms with Gasteiger partial charge in [0, 0.05) is 6.07 Å². The third-order valence-electron chi connectivity index (χ3n) is 8.23. The number of hydrogen-bond acceptors (Lipinski definition) is 4. The summed E-state index contributed by atoms with van der Waals surface area (Å²) in [6.07, 6.45) is 24.0. The molecule has 0 radical (unpaired) electrons. The Labute approximate surface area is 208 Å². The monoisotopic (exact) mass is 471 g/mol. The van der Waals surface area contributed by atoms with E-state index in [1.807, 2.05) is 0 Å². The zero-order chi connectivity index (χ0) is 24.0. The SMILES string of the molecule is CCCCCCCC1CCC(CCC2CCC(C(=O)Oc3ccc(OCCC)nc3)CC2)CC1. The van der Waals surface area contributed by atoms with Gasteiger partial charge >= 0.3 is 5.97 Å². The van der Waals surface area contributed by atoms with Crippen LogP contribution in [0, 0.1) is 23.7 Å². The summed E-state index contributed by atoms with van der Waals surface area (Å²) >= 11 is 0. The van der Waals surface area contributed by atoms with Crippen LogP contribution in [0.5, 0.6) is 11.6 Å². The number of unbranched alkanes of at least 4 members (excludes halogenated alkanes) is 4. The molecular formula is C30H49NO3. The van der Waals surface area contributed by atoms with Gasteiger partial charge in [-0.1, -0.05) is 90.9 Å². The topological polar surface area (TPSA) is 48.4 Å². The molecule has 0 atom stereocenters. The Morgan fingerprint density at radius 2 is 1.41 bits per heavy atom. The molecule has 0 unspecified atom stereocenters. The van der Waals surface area contributed by atoms with Gasteiger partial charge in [0.15, 0.2) is 0 Å². The molecular weight excluding hydrogens is 422 g/mol. The van der Waals surface area contributed by atoms with Gasteiger partial charge in [-0.25, -0.2) is 4.98 Å². The number of pyridine rings is 1. The lowest BCUT2D eigenvalue weighted by Gasteiger charge is -2.31. The molecule has 2 fully saturated rings. The number of carbonyl (C=O) groups is 1. The van der Waals surface area contributed by atoms with Gasteiger partial charge in [-0.2, -0.15) is 0 Å². The first kappa shape index (κ1) is 27.0. The van der Waals surface area contributed by atoms with Gasteiger partial charge in [-0.05, 0) is 55.9 Å². The minimum atomic E-state index is -0.0875. The Kier molecular flexibility index (Phi) is 12.3. The minimum absolute atomic E-state index is 0.0417. The molecule has 1 aromatic rings. The molecule has 3 rings (SSSR count). The number of nitrogens with zero attached hydrogens (tertiary/aromatic N) is 1. The quantitative estimate of drug-likeness (QED) is 0.201. The fraction of sp³-hybridized carbons (Fsp3) is 0.800. The average molecular weight is 472 g/mol. The van der Waals surface area contributed by atoms with E-state index in [4.69, 9.17) is 9.47 Å². The minimum Gasteiger partial charge on any atom is -0.478 e. The third-order valence-corrected chi connectivity index (χ3v) is 8.23. The molecule has 4 nitrogen and oxygen atoms in total. The van der Waals surface area contributed by atoms with Crippen molar-refractivity contribution in [1.82, 2.24) is 4.98 Å². The molecule has 34 heavy (non-hydrogen) atoms. The standard InChI is InChI=1S/C30H49NO3/c1-3-5-6-7-8-9-24-10-12-25(13-11-24)14-15-26-16-18-27(19-17-26)30(32)34-28-20-21-29(31-23-28)33-22-4-2/h20-21,23-27H,3-19,22H2,1-2H3. The van der Waals surface area contributed by atoms with Crippen molar-refractivity contribution in [3.05, 3.63) is 18.3 Å². The maximum Gasteiger partial charge on any atom is 0.314 e. The molecule has 0 N–H and O–H groups in total. The highest BCUT2D eigenvalue weighted by Crippen LogP contribution is 2.38. The Balaban J connectivity index is 1.26. The maximum absolute atomic E-state index is 12.6. The summed E-state index contributed by atoms with van der Waals surface area (Å²) in [6.45, 7) is 5.01. The Morgan fingerprint density at radius 3 is 2.00 bits per heavy atom. The van der Waals surface area contributed by atoms with Crippen LogP contribution in [0.3, 0.4) is 0 Å². The predicted octanol–water partition coefficient (Wildman–Crippen LogP) is 8.53. The van der Waals surface area contributed by atoms with E-state index in [2.05, 4.69) is 18.8 Å². The first-order valence-electron chi connectivity index (χ1n) is 14.5. The fourth-order valence-electron chi connectivity index (χ4n) is 5.92. The van der Waals surface area contributed by atoms with Crippen molar-refractivity contribution in [2.24, 2.45) is 23.7 Å². The fourth-order valence-corrected chi connectivity index (χ4v) is 5.92. The van der Waals surface area contributed by atoms with Crippen molar-refractivity contribution in [3.63, 3.8) is 0 Å². The van der Waals surface area contributed by atoms with E-state index >= 15 is 0 Å². The van der Waals surface area contributed by atoms with Gasteiger partial charge in [0.1, 0.15) is 5.75 Å². The second-order valence-corrected chi connectivity index (χ2v) is 11.0. The van der Waals surface area contributed by atoms with Crippen LogP contribution < -0.4 is 9.47 Å². The van der Waals surface area contributed by atoms with Crippen LogP contribution in [-0.2, 0) is 4.79 Å². The van der Waals surface area contributed by atoms with Crippen molar-refractivity contribution in [2.45, 2.75) is 123 Å². The highest BCUT2D eigenvalue weighted by molar-refractivity contribution is 5.75. The molecule has 0 saturated heterocycles. The van der Waals surface area contributed by atoms with E-state index in [1.165, 1.54) is 89.9 Å². The van der Waals surface area contributed by atoms with Crippen LogP contribution >= 0.6 is 0 Å². The van der Waals surface area contributed by atoms with E-state index in [9.17, 15) is 4.79 Å². The van der Waals surface area contributed by atoms with Crippen LogP contribution in [0.2, 0.25) is 0 Å². The summed E-state index contributed by atoms with van der Waals surface area (Å²) < 4.78 is 11.1. The molecule has 0 aliphatic heterocycles. The Hall–Kier alpha value is -1.58. The molecule has 0 aromatic carbocycles. The Morgan fingerprint density at radius 1 is 0.794 bits per heavy atom. The molecule has 1 aromatic heterocycles. The first-order chi connectivity index (χ1) is 16.7. The van der Waals surface area contributed by atoms with Gasteiger partial charge in [0.2, 0.25) is 5.88 Å². The van der Waals surface area contributed by atoms with Crippen molar-refractivity contribution >= 4 is 5.97 Å². The molecule has 1 heterocycles. The van der Waals surface area contributed by atoms with Crippen molar-refractivity contribution in [3.8, 4) is 11.6 Å². The summed E-state index contributed by atoms with van der Waals surface area (Å²) in [5.74, 6) is 3.82. The highest BCUT2D eigenvalue weighted by atomic mass is 16.5. The zero-order valence-corrected chi connectivity index (χ0v) is 21.9. The number of hydrogen-bond donors (Lipinski definition) is 0. The van der Waals surface area contributed by atoms with Crippen LogP contribution in [-0.4, -0.2) is 17.6 Å². The molecule has 0 bridgehead atoms. The van der Waals surface area contributed by atoms with E-state index < -0.39 is 0 Å². The van der Waals surface area contributed by atoms with Crippen LogP contribution in [0.1, 0.15) is 123 Å². The largest absolute Gasteiger partial charge is 0.478 e. The van der Waals surface area contributed by atoms with Crippen LogP contribution in [0.15, 0.2) is 18.3 Å². The average Bonchev–Trinajstić information content (AvgIpc) is 2.88. The normalized spacial score (nSPS) is 25.1. The highest BCUT2D eigenvalue weighted by Gasteiger charge is 2.29. The molecule has 0 amide bonds. The third kappa shape index (κ3) is 9.58. The summed E-state index contributed by atoms with van der Waals surface area (Å²) in [4.78, 5) is 16.8. The van der Waals surface area contributed by atoms with Gasteiger partial charge in [-0.15, -0.1) is 0 Å². The molecule has 192 valence electrons. The smallest absolute Gasteiger partial charge is 0.314 e. The van der Waals surface area contributed by atoms with E-state index in [0.29, 0.717) is 18.2 Å². The van der Waals surface area contributed by atoms with Crippen molar-refractivity contribution in [1.29, 1.82) is 0 Å². The van der Waals surface area contributed by atoms with Crippen LogP contribution in [0.4, 0.5) is 0 Å². The van der Waals surface area contributed by atoms with E-state index in [-0.39, 0.29) is 11.9 Å². The van der Waals surface area contributed by atoms with Crippen molar-refractivity contribution in [2.75, 3.05) is 6.61 Å². The zero-order valence-electron chi connectivity index (χ0n) is 21.9. The number of esters is 1. The second-order valence-electron chi connectivity index (χ2n) is 11.0. The summed E-state index contributed by atoms with van der Waals surface area (Å²) in [6, 6.07) is 3.55. The molecule has 2 saturated carbocycles. The lowest BCUT2D eigenvalue weighted by Crippen LogP contribution is -2.26. The van der Waals surface area contributed by atoms with Crippen molar-refractivity contribution < 1.29 is 14.3 Å². The maximum atomic E-state index is 12.6. The van der Waals surface area contributed by atoms with Gasteiger partial charge < -0.3 is 9.47 Å². The summed E-state index contributed by atoms with van der Waals surface area (Å²) in [5, 5.41) is 0. The van der Waals surface area contributed by atoms with Gasteiger partial charge in [0.25, 0.3) is 0 Å². The number of rotatable bonds is 14. The van der Waals surface area contributed by atoms with Gasteiger partial charge in [-0.3, -0.25) is 4.79 Å². The first-order valence-corrected chi connectivity index (χ1v) is 14.5. The molecule has 2 aliphatic carbocycles. The molecule has 2 aliphatic rings. The Bertz CT molecular complexity index is 673. The van der Waals surface area contributed by atoms with E-state index in [1.54, 1.807) is 18.3 Å².